The van der Waals surface area contributed by atoms with Gasteiger partial charge in [0.05, 0.1) is 46.2 Å². The molecule has 0 saturated heterocycles. The normalized spacial score (nSPS) is 21.6. The second kappa shape index (κ2) is 27.5. The van der Waals surface area contributed by atoms with Gasteiger partial charge in [0.1, 0.15) is 0 Å². The van der Waals surface area contributed by atoms with Gasteiger partial charge < -0.3 is 29.6 Å². The molecule has 1 fully saturated rings. The summed E-state index contributed by atoms with van der Waals surface area (Å²) in [4.78, 5) is 12.3. The molecule has 1 aliphatic carbocycles. The Kier molecular flexibility index (Phi) is 24.6. The van der Waals surface area contributed by atoms with Gasteiger partial charge in [-0.1, -0.05) is 19.8 Å². The first kappa shape index (κ1) is 43.0. The predicted octanol–water partition coefficient (Wildman–Crippen LogP) is 1.09. The molecule has 1 aromatic carbocycles. The van der Waals surface area contributed by atoms with E-state index < -0.39 is 24.4 Å². The van der Waals surface area contributed by atoms with Crippen LogP contribution in [0.1, 0.15) is 51.9 Å². The molecule has 277 valence electrons. The van der Waals surface area contributed by atoms with E-state index in [9.17, 15) is 20.1 Å². The molecule has 2 amide bonds. The zero-order valence-corrected chi connectivity index (χ0v) is 31.7. The van der Waals surface area contributed by atoms with E-state index in [0.29, 0.717) is 83.7 Å². The molecule has 1 unspecified atom stereocenters. The summed E-state index contributed by atoms with van der Waals surface area (Å²) in [6.45, 7) is 8.84. The molecule has 1 saturated carbocycles. The van der Waals surface area contributed by atoms with Gasteiger partial charge >= 0.3 is 139 Å². The van der Waals surface area contributed by atoms with Crippen LogP contribution in [0, 0.1) is 5.92 Å². The second-order valence-electron chi connectivity index (χ2n) is 11.9. The van der Waals surface area contributed by atoms with Crippen molar-refractivity contribution in [2.45, 2.75) is 86.4 Å². The van der Waals surface area contributed by atoms with Crippen molar-refractivity contribution in [3.05, 3.63) is 24.3 Å². The van der Waals surface area contributed by atoms with E-state index in [1.165, 1.54) is 25.1 Å². The molecule has 0 aliphatic heterocycles. The first-order valence-corrected chi connectivity index (χ1v) is 19.6. The van der Waals surface area contributed by atoms with Crippen molar-refractivity contribution in [3.8, 4) is 5.75 Å². The molecule has 1 aliphatic rings. The number of carbonyl (C=O) groups is 1. The fourth-order valence-corrected chi connectivity index (χ4v) is 6.37. The molecule has 48 heavy (non-hydrogen) atoms. The van der Waals surface area contributed by atoms with Crippen LogP contribution in [0.3, 0.4) is 0 Å². The summed E-state index contributed by atoms with van der Waals surface area (Å²) in [7, 11) is 0. The van der Waals surface area contributed by atoms with Gasteiger partial charge in [0, 0.05) is 32.3 Å². The minimum absolute atomic E-state index is 0.113. The molecule has 2 rings (SSSR count). The van der Waals surface area contributed by atoms with Gasteiger partial charge in [-0.05, 0) is 19.3 Å². The van der Waals surface area contributed by atoms with Crippen molar-refractivity contribution >= 4 is 36.8 Å². The summed E-state index contributed by atoms with van der Waals surface area (Å²) in [5.41, 5.74) is 3.44. The maximum Gasteiger partial charge on any atom is -0.256 e. The van der Waals surface area contributed by atoms with Crippen LogP contribution in [-0.2, 0) is 18.9 Å². The molecule has 0 heterocycles. The van der Waals surface area contributed by atoms with Crippen LogP contribution in [0.5, 0.6) is 5.75 Å². The van der Waals surface area contributed by atoms with E-state index in [1.54, 1.807) is 24.3 Å². The minimum atomic E-state index is -1.24. The van der Waals surface area contributed by atoms with E-state index in [-0.39, 0.29) is 18.0 Å². The SMILES string of the molecule is CCCCOCCOCCOCCOCCNCC(CCCCNC(=O)Nc1ccc(O[C@H]2C[C@H](C[CH2][Po])[C@@H](O)[C@H](O)[C@@H]2O)cc1)NN. The molecule has 9 N–H and O–H groups in total. The number of carbonyl (C=O) groups excluding carboxylic acids is 1. The third kappa shape index (κ3) is 18.7. The molecule has 1 aromatic rings. The number of nitrogens with one attached hydrogen (secondary N) is 4. The van der Waals surface area contributed by atoms with Crippen LogP contribution in [0.4, 0.5) is 10.5 Å². The van der Waals surface area contributed by atoms with E-state index in [0.717, 1.165) is 49.2 Å². The summed E-state index contributed by atoms with van der Waals surface area (Å²) < 4.78 is 28.9. The quantitative estimate of drug-likeness (QED) is 0.0340. The van der Waals surface area contributed by atoms with E-state index in [4.69, 9.17) is 29.5 Å². The number of hydrogen-bond donors (Lipinski definition) is 8. The molecule has 0 bridgehead atoms. The number of ether oxygens (including phenoxy) is 5. The molecule has 15 heteroatoms. The van der Waals surface area contributed by atoms with Crippen molar-refractivity contribution < 1.29 is 43.8 Å². The Balaban J connectivity index is 1.46. The Morgan fingerprint density at radius 1 is 0.875 bits per heavy atom. The number of aliphatic hydroxyl groups excluding tert-OH is 3. The standard InChI is InChI=1S/C33H60N5O9.Po/c1-3-5-15-43-17-19-45-21-22-46-20-18-44-16-14-35-24-27(38-34)8-6-7-13-36-33(42)37-26-9-11-28(12-10-26)47-29-23-25(4-2)30(39)32(41)31(29)40;/h9-12,25,27,29-32,35,38-41H,2-8,13-24,34H2,1H3,(H2,36,37,42);/t25-,27?,29-,30+,31+,32-;/m0./s1. The molecule has 6 atom stereocenters. The predicted molar refractivity (Wildman–Crippen MR) is 185 cm³/mol. The number of unbranched alkanes of at least 4 members (excludes halogenated alkanes) is 2. The number of rotatable bonds is 28. The van der Waals surface area contributed by atoms with Gasteiger partial charge in [-0.3, -0.25) is 11.3 Å². The third-order valence-electron chi connectivity index (χ3n) is 8.06. The summed E-state index contributed by atoms with van der Waals surface area (Å²) in [6.07, 6.45) is 2.06. The van der Waals surface area contributed by atoms with Crippen molar-refractivity contribution in [2.24, 2.45) is 11.8 Å². The van der Waals surface area contributed by atoms with Crippen molar-refractivity contribution in [1.82, 2.24) is 16.1 Å². The maximum atomic E-state index is 12.3. The van der Waals surface area contributed by atoms with Gasteiger partial charge in [-0.15, -0.1) is 0 Å². The summed E-state index contributed by atoms with van der Waals surface area (Å²) >= 11 is 1.41. The molecular formula is C33H60N5O9Po. The molecule has 0 spiro atoms. The van der Waals surface area contributed by atoms with Crippen LogP contribution in [0.2, 0.25) is 4.08 Å². The number of hydrogen-bond acceptors (Lipinski definition) is 12. The van der Waals surface area contributed by atoms with Gasteiger partial charge in [0.15, 0.2) is 0 Å². The Bertz CT molecular complexity index is 939. The van der Waals surface area contributed by atoms with Crippen molar-refractivity contribution in [3.63, 3.8) is 0 Å². The van der Waals surface area contributed by atoms with E-state index >= 15 is 0 Å². The summed E-state index contributed by atoms with van der Waals surface area (Å²) in [5.74, 6) is 6.11. The largest absolute Gasteiger partial charge is 0.271 e. The van der Waals surface area contributed by atoms with E-state index in [1.807, 2.05) is 0 Å². The van der Waals surface area contributed by atoms with Crippen LogP contribution in [0.15, 0.2) is 24.3 Å². The van der Waals surface area contributed by atoms with Gasteiger partial charge in [-0.25, -0.2) is 4.79 Å². The van der Waals surface area contributed by atoms with Crippen molar-refractivity contribution in [2.75, 3.05) is 77.8 Å². The zero-order chi connectivity index (χ0) is 34.8. The Morgan fingerprint density at radius 3 is 2.15 bits per heavy atom. The van der Waals surface area contributed by atoms with Gasteiger partial charge in [0.25, 0.3) is 0 Å². The van der Waals surface area contributed by atoms with Crippen LogP contribution >= 0.6 is 0 Å². The Morgan fingerprint density at radius 2 is 1.52 bits per heavy atom. The van der Waals surface area contributed by atoms with Crippen LogP contribution in [-0.4, -0.2) is 149 Å². The summed E-state index contributed by atoms with van der Waals surface area (Å²) in [6, 6.07) is 6.66. The fraction of sp³-hybridized carbons (Fsp3) is 0.788. The molecule has 1 radical (unpaired) electrons. The Hall–Kier alpha value is -1.21. The third-order valence-corrected chi connectivity index (χ3v) is 8.98. The second-order valence-corrected chi connectivity index (χ2v) is 13.5. The molecule has 14 nitrogen and oxygen atoms in total. The zero-order valence-electron chi connectivity index (χ0n) is 28.5. The number of nitrogens with two attached hydrogens (primary N) is 1. The number of anilines is 1. The average molecular weight is 880 g/mol. The monoisotopic (exact) mass is 879 g/mol. The number of amides is 2. The molecular weight excluding hydrogens is 819 g/mol. The number of aliphatic hydroxyl groups is 3. The Labute approximate surface area is 301 Å². The number of urea groups is 1. The van der Waals surface area contributed by atoms with Crippen molar-refractivity contribution in [1.29, 1.82) is 0 Å². The summed E-state index contributed by atoms with van der Waals surface area (Å²) in [5, 5.41) is 39.9. The first-order valence-electron chi connectivity index (χ1n) is 17.3. The topological polar surface area (TPSA) is 198 Å². The smallest absolute Gasteiger partial charge is 0.256 e. The minimum Gasteiger partial charge on any atom is -0.271 e. The fourth-order valence-electron chi connectivity index (χ4n) is 5.19. The maximum absolute atomic E-state index is 12.3. The molecule has 0 aromatic heterocycles. The van der Waals surface area contributed by atoms with Gasteiger partial charge in [-0.2, -0.15) is 0 Å². The van der Waals surface area contributed by atoms with Crippen LogP contribution in [0.25, 0.3) is 0 Å². The first-order chi connectivity index (χ1) is 23.4. The number of hydrazine groups is 1. The van der Waals surface area contributed by atoms with Gasteiger partial charge in [0.2, 0.25) is 0 Å². The van der Waals surface area contributed by atoms with Crippen LogP contribution < -0.4 is 32.0 Å². The average Bonchev–Trinajstić information content (AvgIpc) is 3.09. The number of benzene rings is 1. The van der Waals surface area contributed by atoms with E-state index in [2.05, 4.69) is 28.3 Å².